The molecule has 2 nitrogen and oxygen atoms in total. The molecule has 3 atom stereocenters. The predicted octanol–water partition coefficient (Wildman–Crippen LogP) is 11.4. The number of hydrogen-bond acceptors (Lipinski definition) is 2. The maximum Gasteiger partial charge on any atom is 0.0673 e. The summed E-state index contributed by atoms with van der Waals surface area (Å²) in [7, 11) is 0. The Bertz CT molecular complexity index is 1900. The van der Waals surface area contributed by atoms with E-state index < -0.39 is 0 Å². The van der Waals surface area contributed by atoms with Crippen molar-refractivity contribution < 1.29 is 0 Å². The fraction of sp³-hybridized carbons (Fsp3) is 0.286. The van der Waals surface area contributed by atoms with Crippen LogP contribution in [0.5, 0.6) is 0 Å². The number of benzene rings is 6. The summed E-state index contributed by atoms with van der Waals surface area (Å²) in [5, 5.41) is 16.5. The molecule has 0 bridgehead atoms. The summed E-state index contributed by atoms with van der Waals surface area (Å²) in [6.07, 6.45) is 3.47. The van der Waals surface area contributed by atoms with Gasteiger partial charge in [0.05, 0.1) is 6.04 Å². The van der Waals surface area contributed by atoms with Crippen molar-refractivity contribution in [1.29, 1.82) is 0 Å². The lowest BCUT2D eigenvalue weighted by atomic mass is 9.83. The van der Waals surface area contributed by atoms with Gasteiger partial charge in [0.25, 0.3) is 0 Å². The summed E-state index contributed by atoms with van der Waals surface area (Å²) in [6, 6.07) is 43.5. The Morgan fingerprint density at radius 2 is 1.16 bits per heavy atom. The van der Waals surface area contributed by atoms with Gasteiger partial charge in [-0.1, -0.05) is 137 Å². The highest BCUT2D eigenvalue weighted by Gasteiger charge is 2.32. The summed E-state index contributed by atoms with van der Waals surface area (Å²) in [5.41, 5.74) is 6.90. The van der Waals surface area contributed by atoms with Crippen LogP contribution in [0.2, 0.25) is 0 Å². The largest absolute Gasteiger partial charge is 0.376 e. The highest BCUT2D eigenvalue weighted by Crippen LogP contribution is 2.42. The Balaban J connectivity index is 1.40. The Hall–Kier alpha value is -4.14. The van der Waals surface area contributed by atoms with Gasteiger partial charge in [0, 0.05) is 17.8 Å². The molecule has 0 radical (unpaired) electrons. The van der Waals surface area contributed by atoms with Crippen LogP contribution in [-0.4, -0.2) is 6.04 Å². The van der Waals surface area contributed by atoms with Crippen molar-refractivity contribution in [3.63, 3.8) is 0 Å². The first-order valence-electron chi connectivity index (χ1n) is 16.5. The van der Waals surface area contributed by atoms with Crippen LogP contribution in [0.25, 0.3) is 32.3 Å². The number of hydrogen-bond donors (Lipinski definition) is 2. The minimum absolute atomic E-state index is 0.0969. The van der Waals surface area contributed by atoms with Crippen LogP contribution >= 0.6 is 0 Å². The Kier molecular flexibility index (Phi) is 7.87. The highest BCUT2D eigenvalue weighted by atomic mass is 15.1. The minimum Gasteiger partial charge on any atom is -0.376 e. The zero-order chi connectivity index (χ0) is 30.2. The molecule has 1 heterocycles. The molecule has 1 aliphatic rings. The lowest BCUT2D eigenvalue weighted by molar-refractivity contribution is 0.301. The fourth-order valence-electron chi connectivity index (χ4n) is 7.64. The number of fused-ring (bicyclic) bond motifs is 4. The second-order valence-corrected chi connectivity index (χ2v) is 13.3. The van der Waals surface area contributed by atoms with Crippen molar-refractivity contribution >= 4 is 38.0 Å². The van der Waals surface area contributed by atoms with E-state index in [1.807, 2.05) is 0 Å². The first-order valence-corrected chi connectivity index (χ1v) is 16.5. The van der Waals surface area contributed by atoms with E-state index in [0.717, 1.165) is 12.8 Å². The third-order valence-electron chi connectivity index (χ3n) is 9.83. The monoisotopic (exact) mass is 576 g/mol. The molecule has 1 fully saturated rings. The highest BCUT2D eigenvalue weighted by molar-refractivity contribution is 6.09. The van der Waals surface area contributed by atoms with Crippen molar-refractivity contribution in [2.24, 2.45) is 0 Å². The molecule has 1 saturated heterocycles. The van der Waals surface area contributed by atoms with Crippen LogP contribution < -0.4 is 10.6 Å². The van der Waals surface area contributed by atoms with Crippen molar-refractivity contribution in [3.8, 4) is 0 Å². The Morgan fingerprint density at radius 3 is 1.89 bits per heavy atom. The van der Waals surface area contributed by atoms with Gasteiger partial charge in [0.1, 0.15) is 0 Å². The molecule has 2 heteroatoms. The Morgan fingerprint density at radius 1 is 0.568 bits per heavy atom. The number of piperidine rings is 1. The van der Waals surface area contributed by atoms with Gasteiger partial charge in [0.2, 0.25) is 0 Å². The van der Waals surface area contributed by atoms with Crippen LogP contribution in [0.4, 0.5) is 5.69 Å². The fourth-order valence-corrected chi connectivity index (χ4v) is 7.64. The molecule has 3 unspecified atom stereocenters. The molecule has 0 saturated carbocycles. The van der Waals surface area contributed by atoms with Crippen LogP contribution in [0.1, 0.15) is 93.1 Å². The average molecular weight is 577 g/mol. The van der Waals surface area contributed by atoms with Gasteiger partial charge in [-0.3, -0.25) is 0 Å². The summed E-state index contributed by atoms with van der Waals surface area (Å²) in [5.74, 6) is 0.848. The van der Waals surface area contributed by atoms with E-state index in [2.05, 4.69) is 154 Å². The normalized spacial score (nSPS) is 18.0. The standard InChI is InChI=1S/C42H44N2/c1-27(2)31-21-12-22-32(28(3)4)41(31)44-42(38-26-30-15-6-8-18-34(30)35-19-9-10-20-36(35)38)40-25-13-24-39(43-40)37-23-11-16-29-14-5-7-17-33(29)37/h5-12,14-23,26-28,39-40,42-44H,13,24-25H2,1-4H3. The quantitative estimate of drug-likeness (QED) is 0.185. The summed E-state index contributed by atoms with van der Waals surface area (Å²) in [4.78, 5) is 0. The zero-order valence-electron chi connectivity index (χ0n) is 26.5. The number of anilines is 1. The lowest BCUT2D eigenvalue weighted by Gasteiger charge is -2.39. The van der Waals surface area contributed by atoms with Gasteiger partial charge < -0.3 is 10.6 Å². The van der Waals surface area contributed by atoms with Crippen molar-refractivity contribution in [2.75, 3.05) is 5.32 Å². The smallest absolute Gasteiger partial charge is 0.0673 e. The molecule has 6 aromatic carbocycles. The molecule has 44 heavy (non-hydrogen) atoms. The van der Waals surface area contributed by atoms with Crippen LogP contribution in [0.3, 0.4) is 0 Å². The molecule has 7 rings (SSSR count). The van der Waals surface area contributed by atoms with E-state index in [1.54, 1.807) is 0 Å². The van der Waals surface area contributed by atoms with E-state index >= 15 is 0 Å². The first kappa shape index (κ1) is 28.6. The topological polar surface area (TPSA) is 24.1 Å². The number of rotatable bonds is 7. The summed E-state index contributed by atoms with van der Waals surface area (Å²) in [6.45, 7) is 9.28. The first-order chi connectivity index (χ1) is 21.5. The second-order valence-electron chi connectivity index (χ2n) is 13.3. The molecule has 0 aromatic heterocycles. The van der Waals surface area contributed by atoms with Crippen molar-refractivity contribution in [3.05, 3.63) is 138 Å². The molecule has 0 aliphatic carbocycles. The predicted molar refractivity (Wildman–Crippen MR) is 190 cm³/mol. The van der Waals surface area contributed by atoms with Crippen LogP contribution in [-0.2, 0) is 0 Å². The van der Waals surface area contributed by atoms with Gasteiger partial charge >= 0.3 is 0 Å². The number of nitrogens with one attached hydrogen (secondary N) is 2. The van der Waals surface area contributed by atoms with Crippen LogP contribution in [0, 0.1) is 0 Å². The van der Waals surface area contributed by atoms with E-state index in [9.17, 15) is 0 Å². The molecule has 0 amide bonds. The molecule has 6 aromatic rings. The molecular formula is C42H44N2. The van der Waals surface area contributed by atoms with Crippen molar-refractivity contribution in [2.45, 2.75) is 76.9 Å². The summed E-state index contributed by atoms with van der Waals surface area (Å²) >= 11 is 0. The summed E-state index contributed by atoms with van der Waals surface area (Å²) < 4.78 is 0. The van der Waals surface area contributed by atoms with Gasteiger partial charge in [-0.15, -0.1) is 0 Å². The minimum atomic E-state index is 0.0969. The molecule has 1 aliphatic heterocycles. The van der Waals surface area contributed by atoms with Gasteiger partial charge in [-0.05, 0) is 91.7 Å². The van der Waals surface area contributed by atoms with E-state index in [0.29, 0.717) is 17.9 Å². The lowest BCUT2D eigenvalue weighted by Crippen LogP contribution is -2.43. The van der Waals surface area contributed by atoms with Crippen molar-refractivity contribution in [1.82, 2.24) is 5.32 Å². The maximum atomic E-state index is 4.27. The van der Waals surface area contributed by atoms with Gasteiger partial charge in [-0.2, -0.15) is 0 Å². The van der Waals surface area contributed by atoms with Crippen LogP contribution in [0.15, 0.2) is 115 Å². The molecular weight excluding hydrogens is 532 g/mol. The molecule has 0 spiro atoms. The second kappa shape index (κ2) is 12.1. The van der Waals surface area contributed by atoms with Gasteiger partial charge in [-0.25, -0.2) is 0 Å². The molecule has 222 valence electrons. The van der Waals surface area contributed by atoms with E-state index in [-0.39, 0.29) is 12.1 Å². The van der Waals surface area contributed by atoms with Gasteiger partial charge in [0.15, 0.2) is 0 Å². The third-order valence-corrected chi connectivity index (χ3v) is 9.83. The van der Waals surface area contributed by atoms with E-state index in [1.165, 1.54) is 66.7 Å². The number of para-hydroxylation sites is 1. The van der Waals surface area contributed by atoms with E-state index in [4.69, 9.17) is 0 Å². The third kappa shape index (κ3) is 5.26. The zero-order valence-corrected chi connectivity index (χ0v) is 26.5. The average Bonchev–Trinajstić information content (AvgIpc) is 3.06. The maximum absolute atomic E-state index is 4.27. The molecule has 2 N–H and O–H groups in total. The Labute approximate surface area is 262 Å². The SMILES string of the molecule is CC(C)c1cccc(C(C)C)c1NC(c1cc2ccccc2c2ccccc12)C1CCCC(c2cccc3ccccc23)N1.